The van der Waals surface area contributed by atoms with E-state index < -0.39 is 0 Å². The fraction of sp³-hybridized carbons (Fsp3) is 0.0667. The quantitative estimate of drug-likeness (QED) is 0.143. The van der Waals surface area contributed by atoms with Gasteiger partial charge in [-0.3, -0.25) is 0 Å². The van der Waals surface area contributed by atoms with Crippen LogP contribution in [-0.4, -0.2) is 0 Å². The molecule has 8 aromatic carbocycles. The van der Waals surface area contributed by atoms with Crippen LogP contribution in [0.15, 0.2) is 224 Å². The molecule has 10 aromatic rings. The number of rotatable bonds is 9. The van der Waals surface area contributed by atoms with Gasteiger partial charge in [-0.2, -0.15) is 0 Å². The van der Waals surface area contributed by atoms with Crippen LogP contribution in [0.4, 0.5) is 22.7 Å². The van der Waals surface area contributed by atoms with Crippen molar-refractivity contribution in [1.82, 2.24) is 0 Å². The summed E-state index contributed by atoms with van der Waals surface area (Å²) < 4.78 is 5.35. The maximum Gasteiger partial charge on any atom is 0.0640 e. The summed E-state index contributed by atoms with van der Waals surface area (Å²) in [6.07, 6.45) is 12.6. The standard InChI is InChI=1S/C60H44N2S2/c1-4-16-41(17-5-1)44-38-45(42-30-34-49(35-31-42)61(47-18-6-2-7-19-47)55-26-14-24-53-51-22-10-12-28-57(51)63-59(53)55)40-46(39-44)43-32-36-50(37-33-43)62(48-20-8-3-9-21-48)56-27-15-25-54-52-23-11-13-29-58(52)64-60(54)56/h1-14,16-26,28-30,32-40,42H,15,27,31H2. The molecule has 1 atom stereocenters. The van der Waals surface area contributed by atoms with Gasteiger partial charge in [-0.05, 0) is 119 Å². The molecule has 2 aromatic heterocycles. The van der Waals surface area contributed by atoms with Crippen molar-refractivity contribution < 1.29 is 0 Å². The Hall–Kier alpha value is -7.24. The lowest BCUT2D eigenvalue weighted by atomic mass is 9.86. The highest BCUT2D eigenvalue weighted by Crippen LogP contribution is 2.45. The first-order valence-corrected chi connectivity index (χ1v) is 23.9. The number of anilines is 4. The van der Waals surface area contributed by atoms with E-state index >= 15 is 0 Å². The first-order valence-electron chi connectivity index (χ1n) is 22.2. The molecular formula is C60H44N2S2. The predicted octanol–water partition coefficient (Wildman–Crippen LogP) is 15.9. The van der Waals surface area contributed by atoms with Gasteiger partial charge in [0.15, 0.2) is 0 Å². The molecule has 0 saturated heterocycles. The lowest BCUT2D eigenvalue weighted by molar-refractivity contribution is 0.841. The second-order valence-electron chi connectivity index (χ2n) is 16.7. The molecule has 0 N–H and O–H groups in total. The zero-order valence-electron chi connectivity index (χ0n) is 35.3. The van der Waals surface area contributed by atoms with Crippen molar-refractivity contribution >= 4 is 87.5 Å². The third-order valence-corrected chi connectivity index (χ3v) is 15.3. The van der Waals surface area contributed by atoms with Gasteiger partial charge in [-0.25, -0.2) is 0 Å². The Kier molecular flexibility index (Phi) is 9.89. The molecule has 2 nitrogen and oxygen atoms in total. The van der Waals surface area contributed by atoms with Crippen LogP contribution in [0.5, 0.6) is 0 Å². The average Bonchev–Trinajstić information content (AvgIpc) is 3.95. The lowest BCUT2D eigenvalue weighted by Gasteiger charge is -2.29. The number of thiophene rings is 2. The SMILES string of the molecule is C1=CC(c2cc(-c3ccccc3)cc(-c3ccc(N(C4=c5sc6ccccc6c5=CCC4)c4ccccc4)cc3)c2)CC=C1N(c1ccccc1)c1cccc2c1sc1ccccc12. The number of hydrogen-bond donors (Lipinski definition) is 0. The lowest BCUT2D eigenvalue weighted by Crippen LogP contribution is -2.31. The van der Waals surface area contributed by atoms with Crippen LogP contribution in [0, 0.1) is 0 Å². The monoisotopic (exact) mass is 856 g/mol. The van der Waals surface area contributed by atoms with Gasteiger partial charge >= 0.3 is 0 Å². The van der Waals surface area contributed by atoms with Crippen molar-refractivity contribution in [2.45, 2.75) is 25.2 Å². The smallest absolute Gasteiger partial charge is 0.0640 e. The molecule has 12 rings (SSSR count). The third kappa shape index (κ3) is 6.96. The van der Waals surface area contributed by atoms with E-state index in [0.717, 1.165) is 24.9 Å². The van der Waals surface area contributed by atoms with Crippen molar-refractivity contribution in [2.75, 3.05) is 9.80 Å². The highest BCUT2D eigenvalue weighted by atomic mass is 32.1. The number of allylic oxidation sites excluding steroid dienone is 3. The number of benzene rings is 8. The molecule has 0 fully saturated rings. The van der Waals surface area contributed by atoms with Gasteiger partial charge in [-0.1, -0.05) is 158 Å². The van der Waals surface area contributed by atoms with E-state index in [1.54, 1.807) is 0 Å². The highest BCUT2D eigenvalue weighted by molar-refractivity contribution is 7.26. The fourth-order valence-electron chi connectivity index (χ4n) is 9.77. The molecule has 306 valence electrons. The molecular weight excluding hydrogens is 813 g/mol. The zero-order chi connectivity index (χ0) is 42.4. The molecule has 1 unspecified atom stereocenters. The van der Waals surface area contributed by atoms with Crippen LogP contribution < -0.4 is 19.6 Å². The molecule has 4 heteroatoms. The molecule has 0 bridgehead atoms. The molecule has 2 heterocycles. The van der Waals surface area contributed by atoms with E-state index in [-0.39, 0.29) is 5.92 Å². The average molecular weight is 857 g/mol. The topological polar surface area (TPSA) is 6.48 Å². The normalized spacial score (nSPS) is 14.7. The first-order chi connectivity index (χ1) is 31.7. The summed E-state index contributed by atoms with van der Waals surface area (Å²) in [6.45, 7) is 0. The second-order valence-corrected chi connectivity index (χ2v) is 18.8. The fourth-order valence-corrected chi connectivity index (χ4v) is 12.2. The Bertz CT molecular complexity index is 3530. The largest absolute Gasteiger partial charge is 0.313 e. The third-order valence-electron chi connectivity index (χ3n) is 12.8. The minimum atomic E-state index is 0.228. The van der Waals surface area contributed by atoms with Crippen molar-refractivity contribution in [3.63, 3.8) is 0 Å². The van der Waals surface area contributed by atoms with Crippen molar-refractivity contribution in [3.05, 3.63) is 239 Å². The maximum absolute atomic E-state index is 2.49. The highest BCUT2D eigenvalue weighted by Gasteiger charge is 2.23. The second kappa shape index (κ2) is 16.5. The van der Waals surface area contributed by atoms with E-state index in [2.05, 4.69) is 234 Å². The summed E-state index contributed by atoms with van der Waals surface area (Å²) in [5.41, 5.74) is 13.5. The Labute approximate surface area is 381 Å². The summed E-state index contributed by atoms with van der Waals surface area (Å²) in [5, 5.41) is 5.36. The van der Waals surface area contributed by atoms with Gasteiger partial charge in [-0.15, -0.1) is 22.7 Å². The number of fused-ring (bicyclic) bond motifs is 6. The van der Waals surface area contributed by atoms with Crippen LogP contribution >= 0.6 is 22.7 Å². The van der Waals surface area contributed by atoms with Crippen molar-refractivity contribution in [2.24, 2.45) is 0 Å². The molecule has 64 heavy (non-hydrogen) atoms. The van der Waals surface area contributed by atoms with Crippen LogP contribution in [0.3, 0.4) is 0 Å². The molecule has 2 aliphatic rings. The van der Waals surface area contributed by atoms with Gasteiger partial charge in [0.2, 0.25) is 0 Å². The Morgan fingerprint density at radius 1 is 0.453 bits per heavy atom. The molecule has 0 radical (unpaired) electrons. The van der Waals surface area contributed by atoms with Gasteiger partial charge in [0, 0.05) is 59.9 Å². The van der Waals surface area contributed by atoms with E-state index in [1.165, 1.54) is 96.3 Å². The van der Waals surface area contributed by atoms with E-state index in [4.69, 9.17) is 0 Å². The van der Waals surface area contributed by atoms with Gasteiger partial charge in [0.25, 0.3) is 0 Å². The van der Waals surface area contributed by atoms with Crippen LogP contribution in [-0.2, 0) is 0 Å². The minimum absolute atomic E-state index is 0.228. The summed E-state index contributed by atoms with van der Waals surface area (Å²) in [4.78, 5) is 4.94. The molecule has 0 spiro atoms. The molecule has 0 aliphatic heterocycles. The van der Waals surface area contributed by atoms with Gasteiger partial charge in [0.05, 0.1) is 14.9 Å². The van der Waals surface area contributed by atoms with Crippen LogP contribution in [0.25, 0.3) is 64.3 Å². The number of para-hydroxylation sites is 2. The number of hydrogen-bond acceptors (Lipinski definition) is 4. The van der Waals surface area contributed by atoms with E-state index in [1.807, 2.05) is 22.7 Å². The van der Waals surface area contributed by atoms with Crippen LogP contribution in [0.2, 0.25) is 0 Å². The first kappa shape index (κ1) is 38.4. The van der Waals surface area contributed by atoms with Crippen molar-refractivity contribution in [3.8, 4) is 22.3 Å². The van der Waals surface area contributed by atoms with Gasteiger partial charge < -0.3 is 9.80 Å². The molecule has 2 aliphatic carbocycles. The van der Waals surface area contributed by atoms with Crippen molar-refractivity contribution in [1.29, 1.82) is 0 Å². The Morgan fingerprint density at radius 3 is 1.75 bits per heavy atom. The summed E-state index contributed by atoms with van der Waals surface area (Å²) in [5.74, 6) is 0.228. The summed E-state index contributed by atoms with van der Waals surface area (Å²) >= 11 is 3.80. The number of nitrogens with zero attached hydrogens (tertiary/aromatic N) is 2. The summed E-state index contributed by atoms with van der Waals surface area (Å²) in [7, 11) is 0. The van der Waals surface area contributed by atoms with E-state index in [9.17, 15) is 0 Å². The summed E-state index contributed by atoms with van der Waals surface area (Å²) in [6, 6.07) is 73.4. The minimum Gasteiger partial charge on any atom is -0.313 e. The Morgan fingerprint density at radius 2 is 1.05 bits per heavy atom. The predicted molar refractivity (Wildman–Crippen MR) is 277 cm³/mol. The van der Waals surface area contributed by atoms with E-state index in [0.29, 0.717) is 0 Å². The molecule has 0 amide bonds. The van der Waals surface area contributed by atoms with Gasteiger partial charge in [0.1, 0.15) is 0 Å². The Balaban J connectivity index is 0.915. The van der Waals surface area contributed by atoms with Crippen LogP contribution in [0.1, 0.15) is 30.7 Å². The maximum atomic E-state index is 2.49. The zero-order valence-corrected chi connectivity index (χ0v) is 36.9. The molecule has 0 saturated carbocycles.